The lowest BCUT2D eigenvalue weighted by Crippen LogP contribution is -2.33. The number of likely N-dealkylation sites (tertiary alicyclic amines) is 1. The molecule has 0 atom stereocenters. The van der Waals surface area contributed by atoms with Crippen LogP contribution in [-0.4, -0.2) is 79.4 Å². The minimum atomic E-state index is 0.0770. The van der Waals surface area contributed by atoms with Crippen molar-refractivity contribution in [1.29, 1.82) is 0 Å². The van der Waals surface area contributed by atoms with Crippen LogP contribution in [0, 0.1) is 0 Å². The smallest absolute Gasteiger partial charge is 0.253 e. The second kappa shape index (κ2) is 14.9. The molecule has 0 spiro atoms. The second-order valence-electron chi connectivity index (χ2n) is 10.7. The average molecular weight is 563 g/mol. The third kappa shape index (κ3) is 7.22. The van der Waals surface area contributed by atoms with Gasteiger partial charge in [-0.15, -0.1) is 0 Å². The number of ether oxygens (including phenoxy) is 3. The highest BCUT2D eigenvalue weighted by Gasteiger charge is 2.21. The number of hydrogen-bond donors (Lipinski definition) is 0. The Morgan fingerprint density at radius 1 is 0.951 bits per heavy atom. The number of aromatic nitrogens is 2. The third-order valence-corrected chi connectivity index (χ3v) is 7.81. The maximum absolute atomic E-state index is 13.7. The first-order valence-corrected chi connectivity index (χ1v) is 15.0. The molecular weight excluding hydrogens is 516 g/mol. The molecule has 0 bridgehead atoms. The van der Waals surface area contributed by atoms with E-state index in [4.69, 9.17) is 19.3 Å². The number of rotatable bonds is 14. The molecule has 0 unspecified atom stereocenters. The van der Waals surface area contributed by atoms with Crippen molar-refractivity contribution in [1.82, 2.24) is 19.4 Å². The number of fused-ring (bicyclic) bond motifs is 1. The Morgan fingerprint density at radius 3 is 2.20 bits per heavy atom. The van der Waals surface area contributed by atoms with Crippen LogP contribution in [0.15, 0.2) is 36.5 Å². The van der Waals surface area contributed by atoms with E-state index in [1.54, 1.807) is 21.3 Å². The Balaban J connectivity index is 1.79. The van der Waals surface area contributed by atoms with E-state index in [1.807, 2.05) is 39.9 Å². The van der Waals surface area contributed by atoms with Gasteiger partial charge >= 0.3 is 0 Å². The first-order chi connectivity index (χ1) is 20.0. The van der Waals surface area contributed by atoms with E-state index < -0.39 is 0 Å². The van der Waals surface area contributed by atoms with Gasteiger partial charge in [-0.25, -0.2) is 4.52 Å². The lowest BCUT2D eigenvalue weighted by atomic mass is 10.0. The average Bonchev–Trinajstić information content (AvgIpc) is 3.38. The number of methoxy groups -OCH3 is 3. The monoisotopic (exact) mass is 562 g/mol. The summed E-state index contributed by atoms with van der Waals surface area (Å²) in [5, 5.41) is 4.97. The van der Waals surface area contributed by atoms with Crippen LogP contribution in [0.3, 0.4) is 0 Å². The topological polar surface area (TPSA) is 68.5 Å². The molecule has 4 rings (SSSR count). The SMILES string of the molecule is CCCCN(CCCC)C(=O)c1ccn2nc(-c3cc(OC)c(OC)c(OC)c3)c(C=CCN3CCCCC3)c2c1. The molecule has 8 heteroatoms. The van der Waals surface area contributed by atoms with Gasteiger partial charge in [-0.3, -0.25) is 9.69 Å². The van der Waals surface area contributed by atoms with Crippen molar-refractivity contribution in [3.8, 4) is 28.5 Å². The normalized spacial score (nSPS) is 14.1. The van der Waals surface area contributed by atoms with Crippen molar-refractivity contribution in [2.75, 3.05) is 54.1 Å². The molecule has 1 fully saturated rings. The fraction of sp³-hybridized carbons (Fsp3) is 0.515. The summed E-state index contributed by atoms with van der Waals surface area (Å²) in [4.78, 5) is 18.2. The number of carbonyl (C=O) groups excluding carboxylic acids is 1. The zero-order valence-electron chi connectivity index (χ0n) is 25.4. The summed E-state index contributed by atoms with van der Waals surface area (Å²) in [6, 6.07) is 7.72. The largest absolute Gasteiger partial charge is 0.493 e. The standard InChI is InChI=1S/C33H46N4O4/c1-6-8-19-36(20-9-7-2)33(38)25-15-21-37-28(22-25)27(14-13-18-35-16-11-10-12-17-35)31(34-37)26-23-29(39-3)32(41-5)30(24-26)40-4/h13-15,21-24H,6-12,16-20H2,1-5H3. The highest BCUT2D eigenvalue weighted by atomic mass is 16.5. The minimum Gasteiger partial charge on any atom is -0.493 e. The van der Waals surface area contributed by atoms with Crippen LogP contribution in [0.5, 0.6) is 17.2 Å². The van der Waals surface area contributed by atoms with E-state index in [0.29, 0.717) is 22.8 Å². The van der Waals surface area contributed by atoms with Gasteiger partial charge in [-0.2, -0.15) is 5.10 Å². The highest BCUT2D eigenvalue weighted by molar-refractivity contribution is 5.96. The Bertz CT molecular complexity index is 1290. The molecular formula is C33H46N4O4. The van der Waals surface area contributed by atoms with E-state index >= 15 is 0 Å². The first-order valence-electron chi connectivity index (χ1n) is 15.0. The van der Waals surface area contributed by atoms with E-state index in [2.05, 4.69) is 30.9 Å². The Labute approximate surface area is 244 Å². The van der Waals surface area contributed by atoms with E-state index in [1.165, 1.54) is 19.3 Å². The number of pyridine rings is 1. The number of piperidine rings is 1. The van der Waals surface area contributed by atoms with Crippen LogP contribution in [-0.2, 0) is 0 Å². The lowest BCUT2D eigenvalue weighted by Gasteiger charge is -2.24. The summed E-state index contributed by atoms with van der Waals surface area (Å²) in [6.45, 7) is 9.01. The van der Waals surface area contributed by atoms with E-state index in [0.717, 1.165) is 80.7 Å². The Kier molecular flexibility index (Phi) is 11.1. The van der Waals surface area contributed by atoms with Crippen molar-refractivity contribution in [3.05, 3.63) is 47.7 Å². The Morgan fingerprint density at radius 2 is 1.61 bits per heavy atom. The molecule has 2 aromatic heterocycles. The predicted octanol–water partition coefficient (Wildman–Crippen LogP) is 6.57. The Hall–Kier alpha value is -3.52. The number of nitrogens with zero attached hydrogens (tertiary/aromatic N) is 4. The van der Waals surface area contributed by atoms with Gasteiger partial charge in [0, 0.05) is 42.5 Å². The van der Waals surface area contributed by atoms with Crippen molar-refractivity contribution < 1.29 is 19.0 Å². The zero-order valence-corrected chi connectivity index (χ0v) is 25.4. The molecule has 0 saturated carbocycles. The molecule has 222 valence electrons. The number of amides is 1. The van der Waals surface area contributed by atoms with Crippen LogP contribution in [0.2, 0.25) is 0 Å². The molecule has 41 heavy (non-hydrogen) atoms. The highest BCUT2D eigenvalue weighted by Crippen LogP contribution is 2.42. The van der Waals surface area contributed by atoms with Gasteiger partial charge in [0.05, 0.1) is 26.8 Å². The van der Waals surface area contributed by atoms with Gasteiger partial charge in [0.2, 0.25) is 5.75 Å². The zero-order chi connectivity index (χ0) is 29.2. The minimum absolute atomic E-state index is 0.0770. The van der Waals surface area contributed by atoms with Crippen LogP contribution in [0.25, 0.3) is 22.9 Å². The fourth-order valence-electron chi connectivity index (χ4n) is 5.45. The lowest BCUT2D eigenvalue weighted by molar-refractivity contribution is 0.0751. The van der Waals surface area contributed by atoms with Crippen LogP contribution < -0.4 is 14.2 Å². The molecule has 0 aliphatic carbocycles. The van der Waals surface area contributed by atoms with E-state index in [-0.39, 0.29) is 5.91 Å². The van der Waals surface area contributed by atoms with Gasteiger partial charge in [0.25, 0.3) is 5.91 Å². The quantitative estimate of drug-likeness (QED) is 0.221. The van der Waals surface area contributed by atoms with Crippen LogP contribution >= 0.6 is 0 Å². The summed E-state index contributed by atoms with van der Waals surface area (Å²) < 4.78 is 18.7. The molecule has 1 aliphatic heterocycles. The molecule has 0 N–H and O–H groups in total. The number of hydrogen-bond acceptors (Lipinski definition) is 6. The number of carbonyl (C=O) groups is 1. The van der Waals surface area contributed by atoms with Crippen molar-refractivity contribution in [2.24, 2.45) is 0 Å². The molecule has 1 aromatic carbocycles. The predicted molar refractivity (Wildman–Crippen MR) is 165 cm³/mol. The summed E-state index contributed by atoms with van der Waals surface area (Å²) in [6.07, 6.45) is 14.2. The maximum Gasteiger partial charge on any atom is 0.253 e. The van der Waals surface area contributed by atoms with Crippen LogP contribution in [0.4, 0.5) is 0 Å². The van der Waals surface area contributed by atoms with Crippen molar-refractivity contribution in [3.63, 3.8) is 0 Å². The molecule has 1 amide bonds. The number of unbranched alkanes of at least 4 members (excludes halogenated alkanes) is 2. The van der Waals surface area contributed by atoms with Gasteiger partial charge in [0.15, 0.2) is 11.5 Å². The van der Waals surface area contributed by atoms with Gasteiger partial charge in [-0.05, 0) is 63.0 Å². The molecule has 1 aliphatic rings. The molecule has 8 nitrogen and oxygen atoms in total. The fourth-order valence-corrected chi connectivity index (χ4v) is 5.45. The van der Waals surface area contributed by atoms with Gasteiger partial charge < -0.3 is 19.1 Å². The summed E-state index contributed by atoms with van der Waals surface area (Å²) >= 11 is 0. The van der Waals surface area contributed by atoms with Crippen molar-refractivity contribution in [2.45, 2.75) is 58.8 Å². The molecule has 3 aromatic rings. The summed E-state index contributed by atoms with van der Waals surface area (Å²) in [5.41, 5.74) is 4.17. The summed E-state index contributed by atoms with van der Waals surface area (Å²) in [7, 11) is 4.83. The van der Waals surface area contributed by atoms with Gasteiger partial charge in [0.1, 0.15) is 5.69 Å². The molecule has 0 radical (unpaired) electrons. The third-order valence-electron chi connectivity index (χ3n) is 7.81. The second-order valence-corrected chi connectivity index (χ2v) is 10.7. The molecule has 3 heterocycles. The van der Waals surface area contributed by atoms with Gasteiger partial charge in [-0.1, -0.05) is 45.3 Å². The number of benzene rings is 1. The molecule has 1 saturated heterocycles. The van der Waals surface area contributed by atoms with Crippen molar-refractivity contribution >= 4 is 17.5 Å². The maximum atomic E-state index is 13.7. The summed E-state index contributed by atoms with van der Waals surface area (Å²) in [5.74, 6) is 1.76. The van der Waals surface area contributed by atoms with Crippen LogP contribution in [0.1, 0.15) is 74.7 Å². The first kappa shape index (κ1) is 30.4. The van der Waals surface area contributed by atoms with E-state index in [9.17, 15) is 4.79 Å².